The predicted molar refractivity (Wildman–Crippen MR) is 101 cm³/mol. The Kier molecular flexibility index (Phi) is 4.73. The summed E-state index contributed by atoms with van der Waals surface area (Å²) in [6, 6.07) is 7.69. The fourth-order valence-electron chi connectivity index (χ4n) is 3.00. The van der Waals surface area contributed by atoms with Crippen molar-refractivity contribution in [2.24, 2.45) is 0 Å². The highest BCUT2D eigenvalue weighted by molar-refractivity contribution is 9.10. The SMILES string of the molecule is C=C1CCN(C(=O)OC(C)(C)C)[C@@H]1c1nc[nH]c1-c1cccc(Br)c1. The molecule has 1 aromatic carbocycles. The number of ether oxygens (including phenoxy) is 1. The maximum atomic E-state index is 12.6. The van der Waals surface area contributed by atoms with Crippen LogP contribution in [0.3, 0.4) is 0 Å². The lowest BCUT2D eigenvalue weighted by molar-refractivity contribution is 0.0234. The van der Waals surface area contributed by atoms with Crippen molar-refractivity contribution in [2.45, 2.75) is 38.8 Å². The number of imidazole rings is 1. The zero-order valence-corrected chi connectivity index (χ0v) is 16.3. The number of aromatic amines is 1. The third-order valence-corrected chi connectivity index (χ3v) is 4.53. The first-order valence-corrected chi connectivity index (χ1v) is 9.02. The van der Waals surface area contributed by atoms with E-state index in [4.69, 9.17) is 4.74 Å². The lowest BCUT2D eigenvalue weighted by Crippen LogP contribution is -2.36. The number of amides is 1. The Bertz CT molecular complexity index is 807. The first kappa shape index (κ1) is 17.7. The lowest BCUT2D eigenvalue weighted by Gasteiger charge is -2.28. The number of likely N-dealkylation sites (tertiary alicyclic amines) is 1. The highest BCUT2D eigenvalue weighted by Gasteiger charge is 2.38. The molecule has 0 aliphatic carbocycles. The number of benzene rings is 1. The first-order valence-electron chi connectivity index (χ1n) is 8.23. The number of carbonyl (C=O) groups excluding carboxylic acids is 1. The van der Waals surface area contributed by atoms with E-state index in [1.54, 1.807) is 11.2 Å². The molecule has 1 aliphatic rings. The molecule has 1 saturated heterocycles. The van der Waals surface area contributed by atoms with E-state index >= 15 is 0 Å². The topological polar surface area (TPSA) is 58.2 Å². The highest BCUT2D eigenvalue weighted by Crippen LogP contribution is 2.39. The van der Waals surface area contributed by atoms with Gasteiger partial charge in [0.05, 0.1) is 17.7 Å². The Morgan fingerprint density at radius 1 is 1.44 bits per heavy atom. The number of carbonyl (C=O) groups is 1. The molecule has 1 aromatic heterocycles. The van der Waals surface area contributed by atoms with E-state index < -0.39 is 5.60 Å². The van der Waals surface area contributed by atoms with Crippen LogP contribution in [0, 0.1) is 0 Å². The van der Waals surface area contributed by atoms with Gasteiger partial charge in [0.1, 0.15) is 11.6 Å². The minimum Gasteiger partial charge on any atom is -0.444 e. The molecular weight excluding hydrogens is 382 g/mol. The molecule has 6 heteroatoms. The zero-order chi connectivity index (χ0) is 18.2. The fraction of sp³-hybridized carbons (Fsp3) is 0.368. The van der Waals surface area contributed by atoms with Crippen LogP contribution in [0.2, 0.25) is 0 Å². The second-order valence-electron chi connectivity index (χ2n) is 7.16. The van der Waals surface area contributed by atoms with E-state index in [9.17, 15) is 4.79 Å². The number of H-pyrrole nitrogens is 1. The van der Waals surface area contributed by atoms with Gasteiger partial charge in [-0.25, -0.2) is 9.78 Å². The van der Waals surface area contributed by atoms with Crippen molar-refractivity contribution < 1.29 is 9.53 Å². The maximum absolute atomic E-state index is 12.6. The molecule has 132 valence electrons. The molecule has 0 radical (unpaired) electrons. The molecular formula is C19H22BrN3O2. The van der Waals surface area contributed by atoms with Crippen molar-refractivity contribution in [3.05, 3.63) is 52.9 Å². The van der Waals surface area contributed by atoms with Crippen LogP contribution < -0.4 is 0 Å². The second-order valence-corrected chi connectivity index (χ2v) is 8.07. The standard InChI is InChI=1S/C19H22BrN3O2/c1-12-8-9-23(18(24)25-19(2,3)4)17(12)16-15(21-11-22-16)13-6-5-7-14(20)10-13/h5-7,10-11,17H,1,8-9H2,2-4H3,(H,21,22)/t17-/m0/s1. The van der Waals surface area contributed by atoms with Gasteiger partial charge in [0.15, 0.2) is 0 Å². The van der Waals surface area contributed by atoms with Crippen molar-refractivity contribution in [1.29, 1.82) is 0 Å². The molecule has 0 saturated carbocycles. The average molecular weight is 404 g/mol. The van der Waals surface area contributed by atoms with E-state index in [0.717, 1.165) is 33.4 Å². The number of aromatic nitrogens is 2. The monoisotopic (exact) mass is 403 g/mol. The normalized spacial score (nSPS) is 17.8. The van der Waals surface area contributed by atoms with Crippen LogP contribution in [0.5, 0.6) is 0 Å². The van der Waals surface area contributed by atoms with Crippen molar-refractivity contribution in [2.75, 3.05) is 6.54 Å². The summed E-state index contributed by atoms with van der Waals surface area (Å²) in [5, 5.41) is 0. The van der Waals surface area contributed by atoms with Crippen molar-refractivity contribution >= 4 is 22.0 Å². The molecule has 25 heavy (non-hydrogen) atoms. The summed E-state index contributed by atoms with van der Waals surface area (Å²) in [7, 11) is 0. The zero-order valence-electron chi connectivity index (χ0n) is 14.7. The minimum atomic E-state index is -0.537. The summed E-state index contributed by atoms with van der Waals surface area (Å²) in [4.78, 5) is 22.0. The Balaban J connectivity index is 1.96. The van der Waals surface area contributed by atoms with E-state index in [0.29, 0.717) is 6.54 Å². The predicted octanol–water partition coefficient (Wildman–Crippen LogP) is 5.08. The number of hydrogen-bond donors (Lipinski definition) is 1. The number of nitrogens with zero attached hydrogens (tertiary/aromatic N) is 2. The Hall–Kier alpha value is -2.08. The number of hydrogen-bond acceptors (Lipinski definition) is 3. The Labute approximate surface area is 156 Å². The molecule has 1 N–H and O–H groups in total. The smallest absolute Gasteiger partial charge is 0.411 e. The van der Waals surface area contributed by atoms with Crippen LogP contribution in [-0.2, 0) is 4.74 Å². The number of nitrogens with one attached hydrogen (secondary N) is 1. The number of halogens is 1. The summed E-state index contributed by atoms with van der Waals surface area (Å²) in [5.41, 5.74) is 3.12. The maximum Gasteiger partial charge on any atom is 0.411 e. The molecule has 5 nitrogen and oxygen atoms in total. The molecule has 0 unspecified atom stereocenters. The van der Waals surface area contributed by atoms with Crippen LogP contribution in [0.25, 0.3) is 11.3 Å². The van der Waals surface area contributed by atoms with E-state index in [1.165, 1.54) is 0 Å². The molecule has 2 aromatic rings. The van der Waals surface area contributed by atoms with Crippen LogP contribution in [-0.4, -0.2) is 33.1 Å². The molecule has 0 bridgehead atoms. The third-order valence-electron chi connectivity index (χ3n) is 4.04. The van der Waals surface area contributed by atoms with Crippen LogP contribution in [0.4, 0.5) is 4.79 Å². The third kappa shape index (κ3) is 3.79. The Morgan fingerprint density at radius 3 is 2.88 bits per heavy atom. The number of rotatable bonds is 2. The van der Waals surface area contributed by atoms with E-state index in [-0.39, 0.29) is 12.1 Å². The summed E-state index contributed by atoms with van der Waals surface area (Å²) >= 11 is 3.50. The summed E-state index contributed by atoms with van der Waals surface area (Å²) in [6.45, 7) is 10.3. The van der Waals surface area contributed by atoms with Gasteiger partial charge in [-0.15, -0.1) is 0 Å². The van der Waals surface area contributed by atoms with Gasteiger partial charge < -0.3 is 9.72 Å². The molecule has 2 heterocycles. The van der Waals surface area contributed by atoms with E-state index in [1.807, 2.05) is 45.0 Å². The molecule has 0 spiro atoms. The van der Waals surface area contributed by atoms with Crippen molar-refractivity contribution in [3.8, 4) is 11.3 Å². The molecule has 1 amide bonds. The first-order chi connectivity index (χ1) is 11.8. The summed E-state index contributed by atoms with van der Waals surface area (Å²) < 4.78 is 6.55. The van der Waals surface area contributed by atoms with Gasteiger partial charge in [0.25, 0.3) is 0 Å². The van der Waals surface area contributed by atoms with Crippen molar-refractivity contribution in [3.63, 3.8) is 0 Å². The van der Waals surface area contributed by atoms with E-state index in [2.05, 4.69) is 32.5 Å². The van der Waals surface area contributed by atoms with Crippen LogP contribution in [0.15, 0.2) is 47.2 Å². The Morgan fingerprint density at radius 2 is 2.20 bits per heavy atom. The average Bonchev–Trinajstić information content (AvgIpc) is 3.11. The van der Waals surface area contributed by atoms with Crippen LogP contribution >= 0.6 is 15.9 Å². The van der Waals surface area contributed by atoms with Gasteiger partial charge in [0.2, 0.25) is 0 Å². The van der Waals surface area contributed by atoms with Gasteiger partial charge in [0, 0.05) is 16.6 Å². The largest absolute Gasteiger partial charge is 0.444 e. The summed E-state index contributed by atoms with van der Waals surface area (Å²) in [6.07, 6.45) is 2.07. The van der Waals surface area contributed by atoms with Gasteiger partial charge in [-0.3, -0.25) is 4.90 Å². The quantitative estimate of drug-likeness (QED) is 0.711. The molecule has 1 aliphatic heterocycles. The second kappa shape index (κ2) is 6.67. The summed E-state index contributed by atoms with van der Waals surface area (Å²) in [5.74, 6) is 0. The molecule has 1 atom stereocenters. The van der Waals surface area contributed by atoms with Gasteiger partial charge in [-0.2, -0.15) is 0 Å². The minimum absolute atomic E-state index is 0.282. The fourth-order valence-corrected chi connectivity index (χ4v) is 3.40. The molecule has 1 fully saturated rings. The van der Waals surface area contributed by atoms with Gasteiger partial charge in [-0.1, -0.05) is 34.6 Å². The molecule has 3 rings (SSSR count). The van der Waals surface area contributed by atoms with Gasteiger partial charge >= 0.3 is 6.09 Å². The van der Waals surface area contributed by atoms with Crippen molar-refractivity contribution in [1.82, 2.24) is 14.9 Å². The van der Waals surface area contributed by atoms with Gasteiger partial charge in [-0.05, 0) is 44.9 Å². The van der Waals surface area contributed by atoms with Crippen LogP contribution in [0.1, 0.15) is 38.9 Å². The lowest BCUT2D eigenvalue weighted by atomic mass is 10.0. The highest BCUT2D eigenvalue weighted by atomic mass is 79.9.